The molecule has 1 aliphatic heterocycles. The maximum atomic E-state index is 12.2. The number of rotatable bonds is 3. The predicted molar refractivity (Wildman–Crippen MR) is 71.6 cm³/mol. The van der Waals surface area contributed by atoms with Crippen molar-refractivity contribution in [3.8, 4) is 0 Å². The highest BCUT2D eigenvalue weighted by atomic mass is 32.2. The van der Waals surface area contributed by atoms with E-state index in [1.54, 1.807) is 23.3 Å². The van der Waals surface area contributed by atoms with Gasteiger partial charge in [-0.05, 0) is 18.4 Å². The first kappa shape index (κ1) is 13.8. The Hall–Kier alpha value is -1.60. The molecule has 102 valence electrons. The molecule has 2 rings (SSSR count). The van der Waals surface area contributed by atoms with E-state index in [2.05, 4.69) is 0 Å². The molecular weight excluding hydrogens is 268 g/mol. The van der Waals surface area contributed by atoms with Crippen LogP contribution in [0.2, 0.25) is 0 Å². The van der Waals surface area contributed by atoms with Gasteiger partial charge in [-0.3, -0.25) is 14.9 Å². The van der Waals surface area contributed by atoms with Gasteiger partial charge in [-0.1, -0.05) is 0 Å². The zero-order valence-electron chi connectivity index (χ0n) is 10.5. The minimum absolute atomic E-state index is 0.0217. The average Bonchev–Trinajstić information content (AvgIpc) is 2.46. The smallest absolute Gasteiger partial charge is 0.283 e. The number of thioether (sulfide) groups is 1. The Morgan fingerprint density at radius 3 is 2.68 bits per heavy atom. The van der Waals surface area contributed by atoms with Crippen molar-refractivity contribution < 1.29 is 14.5 Å². The summed E-state index contributed by atoms with van der Waals surface area (Å²) in [4.78, 5) is 25.0. The second-order valence-corrected chi connectivity index (χ2v) is 4.90. The molecule has 1 saturated heterocycles. The normalized spacial score (nSPS) is 15.3. The van der Waals surface area contributed by atoms with Crippen LogP contribution in [-0.2, 0) is 4.74 Å². The van der Waals surface area contributed by atoms with Gasteiger partial charge in [0.25, 0.3) is 11.6 Å². The third-order valence-corrected chi connectivity index (χ3v) is 3.71. The molecule has 0 bridgehead atoms. The standard InChI is InChI=1S/C12H14N2O4S/c1-19-11-3-2-9(8-10(11)14(16)17)12(15)13-4-6-18-7-5-13/h2-3,8H,4-7H2,1H3. The summed E-state index contributed by atoms with van der Waals surface area (Å²) < 4.78 is 5.18. The van der Waals surface area contributed by atoms with Crippen LogP contribution >= 0.6 is 11.8 Å². The van der Waals surface area contributed by atoms with Gasteiger partial charge >= 0.3 is 0 Å². The number of nitrogens with zero attached hydrogens (tertiary/aromatic N) is 2. The van der Waals surface area contributed by atoms with E-state index in [1.807, 2.05) is 0 Å². The number of benzene rings is 1. The maximum Gasteiger partial charge on any atom is 0.283 e. The van der Waals surface area contributed by atoms with E-state index in [0.717, 1.165) is 0 Å². The molecule has 1 aromatic carbocycles. The van der Waals surface area contributed by atoms with Gasteiger partial charge in [-0.2, -0.15) is 0 Å². The summed E-state index contributed by atoms with van der Waals surface area (Å²) in [6.45, 7) is 2.07. The van der Waals surface area contributed by atoms with Gasteiger partial charge < -0.3 is 9.64 Å². The topological polar surface area (TPSA) is 72.7 Å². The molecule has 0 N–H and O–H groups in total. The first-order chi connectivity index (χ1) is 9.13. The number of amides is 1. The van der Waals surface area contributed by atoms with Crippen LogP contribution in [0.1, 0.15) is 10.4 Å². The third-order valence-electron chi connectivity index (χ3n) is 2.92. The van der Waals surface area contributed by atoms with E-state index in [9.17, 15) is 14.9 Å². The monoisotopic (exact) mass is 282 g/mol. The molecule has 1 heterocycles. The lowest BCUT2D eigenvalue weighted by atomic mass is 10.1. The average molecular weight is 282 g/mol. The fourth-order valence-corrected chi connectivity index (χ4v) is 2.46. The lowest BCUT2D eigenvalue weighted by Gasteiger charge is -2.26. The predicted octanol–water partition coefficient (Wildman–Crippen LogP) is 1.79. The highest BCUT2D eigenvalue weighted by Gasteiger charge is 2.22. The van der Waals surface area contributed by atoms with Crippen molar-refractivity contribution >= 4 is 23.4 Å². The van der Waals surface area contributed by atoms with Gasteiger partial charge in [0.15, 0.2) is 0 Å². The summed E-state index contributed by atoms with van der Waals surface area (Å²) in [5.74, 6) is -0.181. The first-order valence-electron chi connectivity index (χ1n) is 5.83. The summed E-state index contributed by atoms with van der Waals surface area (Å²) in [7, 11) is 0. The highest BCUT2D eigenvalue weighted by molar-refractivity contribution is 7.98. The molecule has 0 unspecified atom stereocenters. The van der Waals surface area contributed by atoms with Crippen molar-refractivity contribution in [2.24, 2.45) is 0 Å². The van der Waals surface area contributed by atoms with Gasteiger partial charge in [0.2, 0.25) is 0 Å². The van der Waals surface area contributed by atoms with Crippen LogP contribution in [0.5, 0.6) is 0 Å². The van der Waals surface area contributed by atoms with Crippen molar-refractivity contribution in [1.29, 1.82) is 0 Å². The molecule has 1 fully saturated rings. The molecule has 0 aromatic heterocycles. The Labute approximate surface area is 114 Å². The van der Waals surface area contributed by atoms with Gasteiger partial charge in [0.05, 0.1) is 23.0 Å². The van der Waals surface area contributed by atoms with Crippen LogP contribution in [0.25, 0.3) is 0 Å². The van der Waals surface area contributed by atoms with E-state index < -0.39 is 4.92 Å². The molecule has 19 heavy (non-hydrogen) atoms. The molecule has 1 amide bonds. The molecule has 0 aliphatic carbocycles. The van der Waals surface area contributed by atoms with Crippen molar-refractivity contribution in [3.05, 3.63) is 33.9 Å². The van der Waals surface area contributed by atoms with Gasteiger partial charge in [-0.25, -0.2) is 0 Å². The molecule has 7 heteroatoms. The number of nitro benzene ring substituents is 1. The number of morpholine rings is 1. The van der Waals surface area contributed by atoms with E-state index in [4.69, 9.17) is 4.74 Å². The number of carbonyl (C=O) groups is 1. The van der Waals surface area contributed by atoms with Crippen molar-refractivity contribution in [3.63, 3.8) is 0 Å². The zero-order valence-corrected chi connectivity index (χ0v) is 11.3. The summed E-state index contributed by atoms with van der Waals surface area (Å²) in [5.41, 5.74) is 0.331. The van der Waals surface area contributed by atoms with Gasteiger partial charge in [0.1, 0.15) is 0 Å². The second-order valence-electron chi connectivity index (χ2n) is 4.05. The summed E-state index contributed by atoms with van der Waals surface area (Å²) in [6.07, 6.45) is 1.77. The van der Waals surface area contributed by atoms with Crippen LogP contribution in [0.15, 0.2) is 23.1 Å². The number of ether oxygens (including phenoxy) is 1. The van der Waals surface area contributed by atoms with Gasteiger partial charge in [0, 0.05) is 24.7 Å². The van der Waals surface area contributed by atoms with Crippen molar-refractivity contribution in [2.45, 2.75) is 4.90 Å². The van der Waals surface area contributed by atoms with E-state index in [-0.39, 0.29) is 11.6 Å². The zero-order chi connectivity index (χ0) is 13.8. The van der Waals surface area contributed by atoms with Crippen LogP contribution in [0.4, 0.5) is 5.69 Å². The minimum Gasteiger partial charge on any atom is -0.378 e. The fourth-order valence-electron chi connectivity index (χ4n) is 1.91. The SMILES string of the molecule is CSc1ccc(C(=O)N2CCOCC2)cc1[N+](=O)[O-]. The quantitative estimate of drug-likeness (QED) is 0.480. The lowest BCUT2D eigenvalue weighted by molar-refractivity contribution is -0.387. The molecule has 0 atom stereocenters. The Morgan fingerprint density at radius 2 is 2.11 bits per heavy atom. The Morgan fingerprint density at radius 1 is 1.42 bits per heavy atom. The van der Waals surface area contributed by atoms with Crippen LogP contribution in [0, 0.1) is 10.1 Å². The molecular formula is C12H14N2O4S. The highest BCUT2D eigenvalue weighted by Crippen LogP contribution is 2.28. The van der Waals surface area contributed by atoms with E-state index in [1.165, 1.54) is 17.8 Å². The Bertz CT molecular complexity index is 501. The Kier molecular flexibility index (Phi) is 4.39. The largest absolute Gasteiger partial charge is 0.378 e. The van der Waals surface area contributed by atoms with E-state index >= 15 is 0 Å². The Balaban J connectivity index is 2.26. The summed E-state index contributed by atoms with van der Waals surface area (Å²) >= 11 is 1.29. The first-order valence-corrected chi connectivity index (χ1v) is 7.05. The molecule has 0 spiro atoms. The number of nitro groups is 1. The summed E-state index contributed by atoms with van der Waals surface area (Å²) in [5, 5.41) is 11.0. The molecule has 1 aromatic rings. The van der Waals surface area contributed by atoms with Crippen molar-refractivity contribution in [1.82, 2.24) is 4.90 Å². The molecule has 0 radical (unpaired) electrons. The van der Waals surface area contributed by atoms with E-state index in [0.29, 0.717) is 36.8 Å². The maximum absolute atomic E-state index is 12.2. The van der Waals surface area contributed by atoms with Gasteiger partial charge in [-0.15, -0.1) is 11.8 Å². The minimum atomic E-state index is -0.456. The van der Waals surface area contributed by atoms with Crippen LogP contribution in [0.3, 0.4) is 0 Å². The van der Waals surface area contributed by atoms with Crippen LogP contribution < -0.4 is 0 Å². The second kappa shape index (κ2) is 6.03. The summed E-state index contributed by atoms with van der Waals surface area (Å²) in [6, 6.07) is 4.61. The number of carbonyl (C=O) groups excluding carboxylic acids is 1. The van der Waals surface area contributed by atoms with Crippen LogP contribution in [-0.4, -0.2) is 48.3 Å². The molecule has 1 aliphatic rings. The third kappa shape index (κ3) is 3.05. The van der Waals surface area contributed by atoms with Crippen molar-refractivity contribution in [2.75, 3.05) is 32.6 Å². The number of hydrogen-bond acceptors (Lipinski definition) is 5. The fraction of sp³-hybridized carbons (Fsp3) is 0.417. The lowest BCUT2D eigenvalue weighted by Crippen LogP contribution is -2.40. The number of hydrogen-bond donors (Lipinski definition) is 0. The molecule has 0 saturated carbocycles. The molecule has 6 nitrogen and oxygen atoms in total.